The first-order chi connectivity index (χ1) is 12.5. The fourth-order valence-electron chi connectivity index (χ4n) is 3.46. The fraction of sp³-hybridized carbons (Fsp3) is 0.526. The van der Waals surface area contributed by atoms with Gasteiger partial charge in [-0.15, -0.1) is 0 Å². The van der Waals surface area contributed by atoms with Gasteiger partial charge in [0.25, 0.3) is 5.91 Å². The molecule has 0 bridgehead atoms. The summed E-state index contributed by atoms with van der Waals surface area (Å²) < 4.78 is 5.09. The number of carbonyl (C=O) groups excluding carboxylic acids is 1. The minimum atomic E-state index is -0.0648. The summed E-state index contributed by atoms with van der Waals surface area (Å²) in [4.78, 5) is 19.4. The van der Waals surface area contributed by atoms with Crippen LogP contribution in [0.1, 0.15) is 47.5 Å². The third-order valence-corrected chi connectivity index (χ3v) is 6.15. The molecule has 1 aliphatic rings. The maximum atomic E-state index is 12.8. The lowest BCUT2D eigenvalue weighted by Gasteiger charge is -2.36. The molecule has 0 radical (unpaired) electrons. The summed E-state index contributed by atoms with van der Waals surface area (Å²) in [6.45, 7) is 2.53. The Labute approximate surface area is 158 Å². The van der Waals surface area contributed by atoms with Crippen LogP contribution in [0, 0.1) is 6.92 Å². The number of hydrogen-bond acceptors (Lipinski definition) is 6. The third-order valence-electron chi connectivity index (χ3n) is 5.11. The van der Waals surface area contributed by atoms with Crippen LogP contribution in [0.4, 0.5) is 0 Å². The van der Waals surface area contributed by atoms with Gasteiger partial charge in [0.05, 0.1) is 11.3 Å². The lowest BCUT2D eigenvalue weighted by Crippen LogP contribution is -2.50. The van der Waals surface area contributed by atoms with E-state index in [-0.39, 0.29) is 11.4 Å². The van der Waals surface area contributed by atoms with Crippen molar-refractivity contribution >= 4 is 17.7 Å². The molecule has 6 nitrogen and oxygen atoms in total. The molecule has 1 fully saturated rings. The molecule has 0 saturated heterocycles. The number of aryl methyl sites for hydroxylation is 1. The van der Waals surface area contributed by atoms with E-state index in [0.717, 1.165) is 29.3 Å². The average Bonchev–Trinajstić information content (AvgIpc) is 3.28. The van der Waals surface area contributed by atoms with Crippen LogP contribution in [0.15, 0.2) is 33.9 Å². The van der Waals surface area contributed by atoms with Gasteiger partial charge in [-0.3, -0.25) is 4.79 Å². The number of amides is 1. The number of hydrogen-bond donors (Lipinski definition) is 1. The summed E-state index contributed by atoms with van der Waals surface area (Å²) >= 11 is 1.50. The molecule has 7 heteroatoms. The Hall–Kier alpha value is -1.86. The topological polar surface area (TPSA) is 71.3 Å². The first-order valence-corrected chi connectivity index (χ1v) is 9.94. The first-order valence-electron chi connectivity index (χ1n) is 8.96. The van der Waals surface area contributed by atoms with Crippen LogP contribution in [0.3, 0.4) is 0 Å². The van der Waals surface area contributed by atoms with Gasteiger partial charge in [0, 0.05) is 30.1 Å². The highest BCUT2D eigenvalue weighted by molar-refractivity contribution is 7.98. The van der Waals surface area contributed by atoms with Crippen molar-refractivity contribution in [1.29, 1.82) is 0 Å². The van der Waals surface area contributed by atoms with Crippen molar-refractivity contribution in [3.63, 3.8) is 0 Å². The second-order valence-corrected chi connectivity index (χ2v) is 8.05. The van der Waals surface area contributed by atoms with E-state index in [2.05, 4.69) is 34.5 Å². The molecule has 2 aromatic rings. The number of thioether (sulfide) groups is 1. The van der Waals surface area contributed by atoms with Gasteiger partial charge in [-0.25, -0.2) is 4.98 Å². The van der Waals surface area contributed by atoms with Gasteiger partial charge in [-0.1, -0.05) is 29.8 Å². The van der Waals surface area contributed by atoms with Crippen LogP contribution in [0.5, 0.6) is 0 Å². The Bertz CT molecular complexity index is 754. The third kappa shape index (κ3) is 4.27. The number of likely N-dealkylation sites (N-methyl/N-ethyl adjacent to an activating group) is 1. The van der Waals surface area contributed by atoms with E-state index in [9.17, 15) is 4.79 Å². The minimum absolute atomic E-state index is 0.0648. The van der Waals surface area contributed by atoms with Crippen LogP contribution in [-0.2, 0) is 5.75 Å². The molecule has 1 saturated carbocycles. The summed E-state index contributed by atoms with van der Waals surface area (Å²) in [7, 11) is 4.20. The highest BCUT2D eigenvalue weighted by Crippen LogP contribution is 2.33. The van der Waals surface area contributed by atoms with Crippen LogP contribution in [0.25, 0.3) is 0 Å². The van der Waals surface area contributed by atoms with Gasteiger partial charge in [0.15, 0.2) is 0 Å². The Balaban J connectivity index is 1.65. The van der Waals surface area contributed by atoms with Crippen molar-refractivity contribution in [2.24, 2.45) is 0 Å². The zero-order valence-electron chi connectivity index (χ0n) is 15.6. The average molecular weight is 375 g/mol. The monoisotopic (exact) mass is 374 g/mol. The largest absolute Gasteiger partial charge is 0.361 e. The number of rotatable bonds is 7. The Morgan fingerprint density at radius 3 is 2.81 bits per heavy atom. The highest BCUT2D eigenvalue weighted by atomic mass is 32.2. The quantitative estimate of drug-likeness (QED) is 0.750. The molecule has 0 aromatic carbocycles. The van der Waals surface area contributed by atoms with Crippen molar-refractivity contribution in [2.45, 2.75) is 48.9 Å². The smallest absolute Gasteiger partial charge is 0.254 e. The van der Waals surface area contributed by atoms with E-state index in [1.807, 2.05) is 19.1 Å². The van der Waals surface area contributed by atoms with Gasteiger partial charge in [0.1, 0.15) is 10.8 Å². The highest BCUT2D eigenvalue weighted by Gasteiger charge is 2.36. The summed E-state index contributed by atoms with van der Waals surface area (Å²) in [5.41, 5.74) is 1.54. The fourth-order valence-corrected chi connectivity index (χ4v) is 4.33. The van der Waals surface area contributed by atoms with Crippen LogP contribution >= 0.6 is 11.8 Å². The van der Waals surface area contributed by atoms with Crippen LogP contribution in [-0.4, -0.2) is 47.1 Å². The molecule has 1 amide bonds. The summed E-state index contributed by atoms with van der Waals surface area (Å²) in [5, 5.41) is 7.85. The minimum Gasteiger partial charge on any atom is -0.361 e. The molecule has 3 rings (SSSR count). The van der Waals surface area contributed by atoms with E-state index < -0.39 is 0 Å². The van der Waals surface area contributed by atoms with Crippen LogP contribution < -0.4 is 5.32 Å². The maximum absolute atomic E-state index is 12.8. The molecule has 0 spiro atoms. The van der Waals surface area contributed by atoms with E-state index in [1.54, 1.807) is 12.3 Å². The van der Waals surface area contributed by atoms with Crippen molar-refractivity contribution in [3.05, 3.63) is 41.4 Å². The first kappa shape index (κ1) is 18.9. The summed E-state index contributed by atoms with van der Waals surface area (Å²) in [5.74, 6) is 1.34. The second kappa shape index (κ2) is 8.22. The van der Waals surface area contributed by atoms with E-state index in [1.165, 1.54) is 24.6 Å². The van der Waals surface area contributed by atoms with Gasteiger partial charge in [0.2, 0.25) is 0 Å². The molecule has 2 aromatic heterocycles. The number of pyridine rings is 1. The molecule has 2 heterocycles. The zero-order valence-corrected chi connectivity index (χ0v) is 16.4. The summed E-state index contributed by atoms with van der Waals surface area (Å²) in [6, 6.07) is 5.53. The normalized spacial score (nSPS) is 16.2. The number of nitrogens with one attached hydrogen (secondary N) is 1. The lowest BCUT2D eigenvalue weighted by atomic mass is 9.96. The Morgan fingerprint density at radius 2 is 2.15 bits per heavy atom. The standard InChI is InChI=1S/C19H26N4O2S/c1-14-11-15(22-25-14)12-26-18-16(7-6-10-20-18)17(24)21-13-19(23(2)3)8-4-5-9-19/h6-7,10-11H,4-5,8-9,12-13H2,1-3H3,(H,21,24). The zero-order chi connectivity index (χ0) is 18.6. The van der Waals surface area contributed by atoms with Gasteiger partial charge >= 0.3 is 0 Å². The van der Waals surface area contributed by atoms with Crippen molar-refractivity contribution in [1.82, 2.24) is 20.4 Å². The molecule has 1 aliphatic carbocycles. The van der Waals surface area contributed by atoms with E-state index in [4.69, 9.17) is 4.52 Å². The predicted molar refractivity (Wildman–Crippen MR) is 102 cm³/mol. The molecule has 0 atom stereocenters. The van der Waals surface area contributed by atoms with Crippen molar-refractivity contribution < 1.29 is 9.32 Å². The molecule has 0 unspecified atom stereocenters. The molecule has 140 valence electrons. The van der Waals surface area contributed by atoms with Gasteiger partial charge < -0.3 is 14.7 Å². The van der Waals surface area contributed by atoms with Crippen LogP contribution in [0.2, 0.25) is 0 Å². The predicted octanol–water partition coefficient (Wildman–Crippen LogP) is 3.27. The second-order valence-electron chi connectivity index (χ2n) is 7.08. The molecule has 0 aliphatic heterocycles. The lowest BCUT2D eigenvalue weighted by molar-refractivity contribution is 0.0896. The number of aromatic nitrogens is 2. The van der Waals surface area contributed by atoms with Crippen molar-refractivity contribution in [2.75, 3.05) is 20.6 Å². The number of nitrogens with zero attached hydrogens (tertiary/aromatic N) is 3. The van der Waals surface area contributed by atoms with Crippen molar-refractivity contribution in [3.8, 4) is 0 Å². The Kier molecular flexibility index (Phi) is 5.98. The molecule has 1 N–H and O–H groups in total. The molecule has 26 heavy (non-hydrogen) atoms. The Morgan fingerprint density at radius 1 is 1.38 bits per heavy atom. The van der Waals surface area contributed by atoms with E-state index >= 15 is 0 Å². The van der Waals surface area contributed by atoms with Gasteiger partial charge in [-0.2, -0.15) is 0 Å². The van der Waals surface area contributed by atoms with E-state index in [0.29, 0.717) is 17.9 Å². The SMILES string of the molecule is Cc1cc(CSc2ncccc2C(=O)NCC2(N(C)C)CCCC2)no1. The molecular formula is C19H26N4O2S. The number of carbonyl (C=O) groups is 1. The maximum Gasteiger partial charge on any atom is 0.254 e. The molecular weight excluding hydrogens is 348 g/mol. The van der Waals surface area contributed by atoms with Gasteiger partial charge in [-0.05, 0) is 46.0 Å². The summed E-state index contributed by atoms with van der Waals surface area (Å²) in [6.07, 6.45) is 6.41.